The number of hydrogen-bond donors (Lipinski definition) is 1. The second kappa shape index (κ2) is 5.80. The number of amides is 1. The van der Waals surface area contributed by atoms with Crippen molar-refractivity contribution in [1.29, 1.82) is 0 Å². The maximum atomic E-state index is 11.1. The second-order valence-electron chi connectivity index (χ2n) is 3.02. The molecule has 0 aliphatic rings. The maximum Gasteiger partial charge on any atom is 0.243 e. The molecule has 0 fully saturated rings. The summed E-state index contributed by atoms with van der Waals surface area (Å²) in [6, 6.07) is 5.45. The van der Waals surface area contributed by atoms with Crippen LogP contribution in [0, 0.1) is 0 Å². The summed E-state index contributed by atoms with van der Waals surface area (Å²) in [5.74, 6) is 1.16. The van der Waals surface area contributed by atoms with E-state index in [1.807, 2.05) is 18.2 Å². The molecule has 0 atom stereocenters. The lowest BCUT2D eigenvalue weighted by molar-refractivity contribution is -0.115. The second-order valence-corrected chi connectivity index (χ2v) is 3.02. The first-order valence-electron chi connectivity index (χ1n) is 4.83. The van der Waals surface area contributed by atoms with Gasteiger partial charge in [0.05, 0.1) is 19.8 Å². The van der Waals surface area contributed by atoms with Crippen molar-refractivity contribution in [3.05, 3.63) is 29.8 Å². The molecular formula is C12H15NO3. The third-order valence-corrected chi connectivity index (χ3v) is 2.11. The van der Waals surface area contributed by atoms with Crippen LogP contribution in [0.1, 0.15) is 5.56 Å². The minimum atomic E-state index is -0.173. The normalized spacial score (nSPS) is 10.2. The molecule has 1 N–H and O–H groups in total. The van der Waals surface area contributed by atoms with Gasteiger partial charge in [-0.15, -0.1) is 0 Å². The van der Waals surface area contributed by atoms with Gasteiger partial charge in [0, 0.05) is 13.1 Å². The van der Waals surface area contributed by atoms with E-state index >= 15 is 0 Å². The van der Waals surface area contributed by atoms with Crippen LogP contribution in [0.2, 0.25) is 0 Å². The van der Waals surface area contributed by atoms with Crippen molar-refractivity contribution in [2.75, 3.05) is 21.3 Å². The van der Waals surface area contributed by atoms with E-state index in [1.165, 1.54) is 6.08 Å². The van der Waals surface area contributed by atoms with Gasteiger partial charge in [-0.1, -0.05) is 6.07 Å². The molecule has 1 aromatic rings. The molecule has 86 valence electrons. The molecule has 0 heterocycles. The summed E-state index contributed by atoms with van der Waals surface area (Å²) in [7, 11) is 4.73. The van der Waals surface area contributed by atoms with Gasteiger partial charge in [0.15, 0.2) is 0 Å². The summed E-state index contributed by atoms with van der Waals surface area (Å²) in [4.78, 5) is 11.1. The van der Waals surface area contributed by atoms with Crippen LogP contribution in [-0.4, -0.2) is 27.2 Å². The van der Waals surface area contributed by atoms with Crippen LogP contribution in [0.3, 0.4) is 0 Å². The number of hydrogen-bond acceptors (Lipinski definition) is 3. The molecule has 16 heavy (non-hydrogen) atoms. The van der Waals surface area contributed by atoms with Gasteiger partial charge in [0.25, 0.3) is 0 Å². The predicted octanol–water partition coefficient (Wildman–Crippen LogP) is 1.46. The van der Waals surface area contributed by atoms with Crippen molar-refractivity contribution in [2.45, 2.75) is 0 Å². The quantitative estimate of drug-likeness (QED) is 0.783. The molecule has 1 aromatic carbocycles. The Morgan fingerprint density at radius 3 is 2.25 bits per heavy atom. The van der Waals surface area contributed by atoms with Crippen LogP contribution in [0.15, 0.2) is 24.3 Å². The standard InChI is InChI=1S/C12H15NO3/c1-13-12(14)8-7-9-10(15-2)5-4-6-11(9)16-3/h4-8H,1-3H3,(H,13,14)/b8-7+. The Hall–Kier alpha value is -1.97. The van der Waals surface area contributed by atoms with Crippen LogP contribution in [0.5, 0.6) is 11.5 Å². The highest BCUT2D eigenvalue weighted by Gasteiger charge is 2.06. The average molecular weight is 221 g/mol. The van der Waals surface area contributed by atoms with E-state index in [0.29, 0.717) is 11.5 Å². The van der Waals surface area contributed by atoms with E-state index in [2.05, 4.69) is 5.32 Å². The Bertz CT molecular complexity index is 377. The fourth-order valence-electron chi connectivity index (χ4n) is 1.29. The molecule has 0 aromatic heterocycles. The highest BCUT2D eigenvalue weighted by molar-refractivity contribution is 5.92. The number of methoxy groups -OCH3 is 2. The summed E-state index contributed by atoms with van der Waals surface area (Å²) in [6.45, 7) is 0. The zero-order valence-corrected chi connectivity index (χ0v) is 9.61. The van der Waals surface area contributed by atoms with Gasteiger partial charge < -0.3 is 14.8 Å². The predicted molar refractivity (Wildman–Crippen MR) is 62.6 cm³/mol. The van der Waals surface area contributed by atoms with Crippen molar-refractivity contribution in [3.63, 3.8) is 0 Å². The highest BCUT2D eigenvalue weighted by Crippen LogP contribution is 2.29. The third-order valence-electron chi connectivity index (χ3n) is 2.11. The molecule has 1 rings (SSSR count). The van der Waals surface area contributed by atoms with Crippen molar-refractivity contribution >= 4 is 12.0 Å². The number of ether oxygens (including phenoxy) is 2. The van der Waals surface area contributed by atoms with E-state index in [4.69, 9.17) is 9.47 Å². The van der Waals surface area contributed by atoms with Crippen molar-refractivity contribution < 1.29 is 14.3 Å². The lowest BCUT2D eigenvalue weighted by Crippen LogP contribution is -2.13. The van der Waals surface area contributed by atoms with Crippen LogP contribution >= 0.6 is 0 Å². The Kier molecular flexibility index (Phi) is 4.39. The fraction of sp³-hybridized carbons (Fsp3) is 0.250. The average Bonchev–Trinajstić information content (AvgIpc) is 2.35. The summed E-state index contributed by atoms with van der Waals surface area (Å²) in [6.07, 6.45) is 3.09. The van der Waals surface area contributed by atoms with Crippen molar-refractivity contribution in [2.24, 2.45) is 0 Å². The first-order valence-corrected chi connectivity index (χ1v) is 4.83. The van der Waals surface area contributed by atoms with Crippen molar-refractivity contribution in [3.8, 4) is 11.5 Å². The number of rotatable bonds is 4. The maximum absolute atomic E-state index is 11.1. The molecule has 0 saturated heterocycles. The highest BCUT2D eigenvalue weighted by atomic mass is 16.5. The number of benzene rings is 1. The summed E-state index contributed by atoms with van der Waals surface area (Å²) in [5, 5.41) is 2.50. The summed E-state index contributed by atoms with van der Waals surface area (Å²) < 4.78 is 10.4. The number of nitrogens with one attached hydrogen (secondary N) is 1. The van der Waals surface area contributed by atoms with Crippen LogP contribution in [0.4, 0.5) is 0 Å². The smallest absolute Gasteiger partial charge is 0.243 e. The summed E-state index contributed by atoms with van der Waals surface area (Å²) >= 11 is 0. The summed E-state index contributed by atoms with van der Waals surface area (Å²) in [5.41, 5.74) is 0.746. The fourth-order valence-corrected chi connectivity index (χ4v) is 1.29. The van der Waals surface area contributed by atoms with Crippen LogP contribution in [-0.2, 0) is 4.79 Å². The molecule has 1 amide bonds. The first-order chi connectivity index (χ1) is 7.72. The van der Waals surface area contributed by atoms with Crippen LogP contribution < -0.4 is 14.8 Å². The molecule has 0 aliphatic heterocycles. The monoisotopic (exact) mass is 221 g/mol. The van der Waals surface area contributed by atoms with Gasteiger partial charge in [-0.05, 0) is 18.2 Å². The van der Waals surface area contributed by atoms with Gasteiger partial charge in [0.2, 0.25) is 5.91 Å². The van der Waals surface area contributed by atoms with E-state index in [1.54, 1.807) is 27.3 Å². The minimum absolute atomic E-state index is 0.173. The van der Waals surface area contributed by atoms with Gasteiger partial charge in [-0.2, -0.15) is 0 Å². The number of carbonyl (C=O) groups is 1. The first kappa shape index (κ1) is 12.1. The Morgan fingerprint density at radius 2 is 1.81 bits per heavy atom. The number of carbonyl (C=O) groups excluding carboxylic acids is 1. The minimum Gasteiger partial charge on any atom is -0.496 e. The lowest BCUT2D eigenvalue weighted by atomic mass is 10.1. The molecule has 0 bridgehead atoms. The molecule has 0 unspecified atom stereocenters. The van der Waals surface area contributed by atoms with Crippen LogP contribution in [0.25, 0.3) is 6.08 Å². The van der Waals surface area contributed by atoms with E-state index in [9.17, 15) is 4.79 Å². The number of likely N-dealkylation sites (N-methyl/N-ethyl adjacent to an activating group) is 1. The topological polar surface area (TPSA) is 47.6 Å². The zero-order valence-electron chi connectivity index (χ0n) is 9.61. The molecule has 4 nitrogen and oxygen atoms in total. The van der Waals surface area contributed by atoms with Crippen molar-refractivity contribution in [1.82, 2.24) is 5.32 Å². The Balaban J connectivity index is 3.08. The van der Waals surface area contributed by atoms with E-state index in [-0.39, 0.29) is 5.91 Å². The molecule has 0 radical (unpaired) electrons. The van der Waals surface area contributed by atoms with Gasteiger partial charge >= 0.3 is 0 Å². The molecule has 4 heteroatoms. The molecule has 0 saturated carbocycles. The Morgan fingerprint density at radius 1 is 1.25 bits per heavy atom. The zero-order chi connectivity index (χ0) is 12.0. The molecule has 0 aliphatic carbocycles. The largest absolute Gasteiger partial charge is 0.496 e. The SMILES string of the molecule is CNC(=O)/C=C/c1c(OC)cccc1OC. The third kappa shape index (κ3) is 2.76. The van der Waals surface area contributed by atoms with Gasteiger partial charge in [-0.25, -0.2) is 0 Å². The van der Waals surface area contributed by atoms with Gasteiger partial charge in [-0.3, -0.25) is 4.79 Å². The van der Waals surface area contributed by atoms with E-state index < -0.39 is 0 Å². The lowest BCUT2D eigenvalue weighted by Gasteiger charge is -2.09. The molecule has 0 spiro atoms. The molecular weight excluding hydrogens is 206 g/mol. The van der Waals surface area contributed by atoms with Gasteiger partial charge in [0.1, 0.15) is 11.5 Å². The van der Waals surface area contributed by atoms with E-state index in [0.717, 1.165) is 5.56 Å². The Labute approximate surface area is 94.9 Å².